The van der Waals surface area contributed by atoms with Crippen LogP contribution in [0, 0.1) is 0 Å². The van der Waals surface area contributed by atoms with Crippen LogP contribution in [0.4, 0.5) is 0 Å². The molecule has 1 aliphatic rings. The van der Waals surface area contributed by atoms with E-state index < -0.39 is 55.4 Å². The van der Waals surface area contributed by atoms with E-state index >= 15 is 0 Å². The molecule has 1 saturated heterocycles. The summed E-state index contributed by atoms with van der Waals surface area (Å²) in [5.74, 6) is -5.70. The number of aliphatic hydroxyl groups is 6. The molecule has 0 radical (unpaired) electrons. The highest BCUT2D eigenvalue weighted by Gasteiger charge is 2.52. The molecule has 10 nitrogen and oxygen atoms in total. The van der Waals surface area contributed by atoms with E-state index in [9.17, 15) is 30.0 Å². The Labute approximate surface area is 118 Å². The monoisotopic (exact) mass is 308 g/mol. The summed E-state index contributed by atoms with van der Waals surface area (Å²) in [4.78, 5) is 22.7. The fraction of sp³-hybridized carbons (Fsp3) is 0.636. The third-order valence-corrected chi connectivity index (χ3v) is 2.77. The van der Waals surface area contributed by atoms with E-state index in [1.165, 1.54) is 0 Å². The summed E-state index contributed by atoms with van der Waals surface area (Å²) in [6.45, 7) is 2.24. The Hall–Kier alpha value is -1.56. The van der Waals surface area contributed by atoms with Crippen LogP contribution in [0.5, 0.6) is 0 Å². The molecule has 6 N–H and O–H groups in total. The maximum atomic E-state index is 11.4. The summed E-state index contributed by atoms with van der Waals surface area (Å²) < 4.78 is 8.67. The second kappa shape index (κ2) is 6.47. The van der Waals surface area contributed by atoms with E-state index in [-0.39, 0.29) is 5.57 Å². The van der Waals surface area contributed by atoms with E-state index in [0.29, 0.717) is 0 Å². The Bertz CT molecular complexity index is 435. The molecule has 0 amide bonds. The maximum Gasteiger partial charge on any atom is 0.404 e. The van der Waals surface area contributed by atoms with E-state index in [4.69, 9.17) is 10.2 Å². The lowest BCUT2D eigenvalue weighted by Crippen LogP contribution is -2.59. The second-order valence-electron chi connectivity index (χ2n) is 4.45. The predicted molar refractivity (Wildman–Crippen MR) is 62.0 cm³/mol. The zero-order valence-corrected chi connectivity index (χ0v) is 10.7. The average molecular weight is 308 g/mol. The van der Waals surface area contributed by atoms with Gasteiger partial charge in [0.05, 0.1) is 13.0 Å². The molecule has 1 unspecified atom stereocenters. The van der Waals surface area contributed by atoms with Gasteiger partial charge in [-0.05, 0) is 0 Å². The van der Waals surface area contributed by atoms with E-state index in [2.05, 4.69) is 16.1 Å². The Morgan fingerprint density at radius 1 is 1.14 bits per heavy atom. The first kappa shape index (κ1) is 17.5. The van der Waals surface area contributed by atoms with Crippen molar-refractivity contribution >= 4 is 11.9 Å². The number of esters is 2. The Morgan fingerprint density at radius 2 is 1.71 bits per heavy atom. The number of hydrogen-bond donors (Lipinski definition) is 6. The quantitative estimate of drug-likeness (QED) is 0.218. The van der Waals surface area contributed by atoms with Crippen LogP contribution in [0.25, 0.3) is 0 Å². The van der Waals surface area contributed by atoms with E-state index in [0.717, 1.165) is 0 Å². The molecular formula is C11H16O10. The van der Waals surface area contributed by atoms with Gasteiger partial charge in [0, 0.05) is 5.57 Å². The van der Waals surface area contributed by atoms with Gasteiger partial charge >= 0.3 is 17.9 Å². The van der Waals surface area contributed by atoms with Crippen molar-refractivity contribution in [1.29, 1.82) is 0 Å². The zero-order valence-electron chi connectivity index (χ0n) is 10.7. The van der Waals surface area contributed by atoms with Gasteiger partial charge in [-0.25, -0.2) is 4.79 Å². The number of carbonyl (C=O) groups excluding carboxylic acids is 2. The number of hydrogen-bond acceptors (Lipinski definition) is 10. The molecule has 10 heteroatoms. The van der Waals surface area contributed by atoms with Crippen LogP contribution in [0.2, 0.25) is 0 Å². The molecule has 1 heterocycles. The molecule has 0 aromatic carbocycles. The predicted octanol–water partition coefficient (Wildman–Crippen LogP) is -3.89. The summed E-state index contributed by atoms with van der Waals surface area (Å²) in [7, 11) is 0. The van der Waals surface area contributed by atoms with Crippen molar-refractivity contribution < 1.29 is 49.7 Å². The van der Waals surface area contributed by atoms with Crippen LogP contribution in [0.15, 0.2) is 12.2 Å². The molecule has 5 atom stereocenters. The molecule has 0 aromatic rings. The molecule has 1 fully saturated rings. The third-order valence-electron chi connectivity index (χ3n) is 2.77. The van der Waals surface area contributed by atoms with Crippen molar-refractivity contribution in [1.82, 2.24) is 0 Å². The zero-order chi connectivity index (χ0) is 16.4. The van der Waals surface area contributed by atoms with E-state index in [1.807, 2.05) is 0 Å². The Morgan fingerprint density at radius 3 is 2.24 bits per heavy atom. The number of aliphatic hydroxyl groups excluding tert-OH is 5. The molecule has 0 aromatic heterocycles. The molecular weight excluding hydrogens is 292 g/mol. The molecule has 0 bridgehead atoms. The lowest BCUT2D eigenvalue weighted by molar-refractivity contribution is -0.371. The van der Waals surface area contributed by atoms with Crippen molar-refractivity contribution in [2.45, 2.75) is 36.8 Å². The van der Waals surface area contributed by atoms with Crippen molar-refractivity contribution in [3.8, 4) is 0 Å². The summed E-state index contributed by atoms with van der Waals surface area (Å²) in [5, 5.41) is 56.4. The molecule has 0 aliphatic carbocycles. The molecule has 0 spiro atoms. The van der Waals surface area contributed by atoms with E-state index in [1.54, 1.807) is 0 Å². The van der Waals surface area contributed by atoms with Gasteiger partial charge in [0.2, 0.25) is 0 Å². The largest absolute Gasteiger partial charge is 0.404 e. The first-order valence-corrected chi connectivity index (χ1v) is 5.80. The Balaban J connectivity index is 2.96. The summed E-state index contributed by atoms with van der Waals surface area (Å²) in [6, 6.07) is 0. The normalized spacial score (nSPS) is 29.0. The van der Waals surface area contributed by atoms with Crippen LogP contribution >= 0.6 is 0 Å². The minimum atomic E-state index is -3.27. The smallest absolute Gasteiger partial charge is 0.396 e. The fourth-order valence-corrected chi connectivity index (χ4v) is 1.53. The van der Waals surface area contributed by atoms with Crippen LogP contribution in [0.1, 0.15) is 6.42 Å². The van der Waals surface area contributed by atoms with Crippen LogP contribution in [-0.2, 0) is 19.1 Å². The fourth-order valence-electron chi connectivity index (χ4n) is 1.53. The lowest BCUT2D eigenvalue weighted by atomic mass is 10.0. The van der Waals surface area contributed by atoms with Gasteiger partial charge in [-0.3, -0.25) is 4.79 Å². The highest BCUT2D eigenvalue weighted by Crippen LogP contribution is 2.26. The minimum absolute atomic E-state index is 0.353. The highest BCUT2D eigenvalue weighted by molar-refractivity contribution is 5.94. The molecule has 21 heavy (non-hydrogen) atoms. The average Bonchev–Trinajstić information content (AvgIpc) is 2.52. The number of carbonyl (C=O) groups is 2. The van der Waals surface area contributed by atoms with Crippen LogP contribution in [-0.4, -0.2) is 79.6 Å². The third kappa shape index (κ3) is 3.75. The van der Waals surface area contributed by atoms with Crippen molar-refractivity contribution in [3.05, 3.63) is 12.2 Å². The van der Waals surface area contributed by atoms with Gasteiger partial charge in [-0.2, -0.15) is 0 Å². The van der Waals surface area contributed by atoms with Crippen molar-refractivity contribution in [2.75, 3.05) is 6.61 Å². The maximum absolute atomic E-state index is 11.4. The summed E-state index contributed by atoms with van der Waals surface area (Å²) >= 11 is 0. The summed E-state index contributed by atoms with van der Waals surface area (Å²) in [6.07, 6.45) is -9.38. The van der Waals surface area contributed by atoms with Crippen LogP contribution < -0.4 is 0 Å². The van der Waals surface area contributed by atoms with Gasteiger partial charge in [-0.15, -0.1) is 0 Å². The van der Waals surface area contributed by atoms with Gasteiger partial charge < -0.3 is 40.1 Å². The lowest BCUT2D eigenvalue weighted by Gasteiger charge is -2.34. The molecule has 0 saturated carbocycles. The van der Waals surface area contributed by atoms with Gasteiger partial charge in [0.25, 0.3) is 0 Å². The second-order valence-corrected chi connectivity index (χ2v) is 4.45. The van der Waals surface area contributed by atoms with Crippen molar-refractivity contribution in [2.24, 2.45) is 0 Å². The molecule has 1 aliphatic heterocycles. The first-order valence-electron chi connectivity index (χ1n) is 5.80. The van der Waals surface area contributed by atoms with Gasteiger partial charge in [-0.1, -0.05) is 6.58 Å². The first-order chi connectivity index (χ1) is 9.62. The highest BCUT2D eigenvalue weighted by atomic mass is 16.9. The summed E-state index contributed by atoms with van der Waals surface area (Å²) in [5.41, 5.74) is -0.353. The molecule has 1 rings (SSSR count). The standard InChI is InChI=1S/C11H16O10/c1-4-2-6(14)20-11(19,21-10(4)18)9(17)8(16)7(15)5(13)3-12/h5,7-9,12-13,15-17,19H,1-3H2/t5-,7+,8+,9+,11?/m0/s1. The molecule has 120 valence electrons. The van der Waals surface area contributed by atoms with Gasteiger partial charge in [0.1, 0.15) is 18.3 Å². The number of ether oxygens (including phenoxy) is 2. The minimum Gasteiger partial charge on any atom is -0.396 e. The van der Waals surface area contributed by atoms with Crippen LogP contribution in [0.3, 0.4) is 0 Å². The topological polar surface area (TPSA) is 174 Å². The SMILES string of the molecule is C=C1CC(=O)OC(O)([C@H](O)[C@H](O)[C@H](O)[C@@H](O)CO)OC1=O. The number of rotatable bonds is 5. The Kier molecular flexibility index (Phi) is 5.39. The number of cyclic esters (lactones) is 2. The van der Waals surface area contributed by atoms with Gasteiger partial charge in [0.15, 0.2) is 6.10 Å². The van der Waals surface area contributed by atoms with Crippen molar-refractivity contribution in [3.63, 3.8) is 0 Å².